The van der Waals surface area contributed by atoms with Crippen molar-refractivity contribution in [2.24, 2.45) is 0 Å². The molecule has 0 amide bonds. The molecule has 1 aliphatic heterocycles. The molecule has 0 unspecified atom stereocenters. The van der Waals surface area contributed by atoms with Gasteiger partial charge in [0.2, 0.25) is 0 Å². The fourth-order valence-corrected chi connectivity index (χ4v) is 7.77. The van der Waals surface area contributed by atoms with Crippen molar-refractivity contribution in [3.8, 4) is 5.75 Å². The highest BCUT2D eigenvalue weighted by molar-refractivity contribution is 7.96. The van der Waals surface area contributed by atoms with E-state index >= 15 is 0 Å². The van der Waals surface area contributed by atoms with E-state index in [2.05, 4.69) is 5.32 Å². The SMILES string of the molecule is CCCN[C@@H]1CS(=O)(=O)C[C@H]1S(=O)(=O)c1cc(C)ccc1OC. The van der Waals surface area contributed by atoms with Gasteiger partial charge < -0.3 is 10.1 Å². The average Bonchev–Trinajstić information content (AvgIpc) is 2.80. The smallest absolute Gasteiger partial charge is 0.187 e. The minimum absolute atomic E-state index is 0.0606. The van der Waals surface area contributed by atoms with Crippen LogP contribution >= 0.6 is 0 Å². The van der Waals surface area contributed by atoms with Crippen LogP contribution in [0, 0.1) is 6.92 Å². The standard InChI is InChI=1S/C15H23NO5S2/c1-4-7-16-12-9-22(17,18)10-15(12)23(19,20)14-8-11(2)5-6-13(14)21-3/h5-6,8,12,15-16H,4,7,9-10H2,1-3H3/t12-,15-/m1/s1. The highest BCUT2D eigenvalue weighted by Crippen LogP contribution is 2.32. The largest absolute Gasteiger partial charge is 0.495 e. The average molecular weight is 361 g/mol. The third-order valence-corrected chi connectivity index (χ3v) is 8.15. The summed E-state index contributed by atoms with van der Waals surface area (Å²) in [6.07, 6.45) is 0.803. The predicted octanol–water partition coefficient (Wildman–Crippen LogP) is 0.943. The van der Waals surface area contributed by atoms with Gasteiger partial charge in [-0.1, -0.05) is 13.0 Å². The molecule has 0 aromatic heterocycles. The summed E-state index contributed by atoms with van der Waals surface area (Å²) in [4.78, 5) is 0.0606. The molecule has 2 rings (SSSR count). The molecule has 0 bridgehead atoms. The first-order valence-electron chi connectivity index (χ1n) is 7.53. The highest BCUT2D eigenvalue weighted by Gasteiger charge is 2.46. The van der Waals surface area contributed by atoms with E-state index in [1.165, 1.54) is 13.2 Å². The zero-order valence-electron chi connectivity index (χ0n) is 13.6. The van der Waals surface area contributed by atoms with Gasteiger partial charge in [-0.15, -0.1) is 0 Å². The van der Waals surface area contributed by atoms with Gasteiger partial charge in [0.1, 0.15) is 10.6 Å². The fraction of sp³-hybridized carbons (Fsp3) is 0.600. The second-order valence-corrected chi connectivity index (χ2v) is 10.2. The van der Waals surface area contributed by atoms with Gasteiger partial charge in [-0.3, -0.25) is 0 Å². The lowest BCUT2D eigenvalue weighted by Crippen LogP contribution is -2.43. The maximum atomic E-state index is 13.0. The molecule has 0 saturated carbocycles. The number of sulfone groups is 2. The van der Waals surface area contributed by atoms with Crippen molar-refractivity contribution in [3.05, 3.63) is 23.8 Å². The fourth-order valence-electron chi connectivity index (χ4n) is 2.81. The molecule has 1 aromatic carbocycles. The Bertz CT molecular complexity index is 771. The zero-order chi connectivity index (χ0) is 17.3. The van der Waals surface area contributed by atoms with Crippen LogP contribution in [-0.2, 0) is 19.7 Å². The number of aryl methyl sites for hydroxylation is 1. The third kappa shape index (κ3) is 3.87. The van der Waals surface area contributed by atoms with Crippen LogP contribution in [0.4, 0.5) is 0 Å². The molecule has 8 heteroatoms. The van der Waals surface area contributed by atoms with Crippen molar-refractivity contribution in [3.63, 3.8) is 0 Å². The quantitative estimate of drug-likeness (QED) is 0.811. The number of nitrogens with one attached hydrogen (secondary N) is 1. The van der Waals surface area contributed by atoms with Crippen molar-refractivity contribution in [1.82, 2.24) is 5.32 Å². The Kier molecular flexibility index (Phi) is 5.37. The lowest BCUT2D eigenvalue weighted by Gasteiger charge is -2.21. The summed E-state index contributed by atoms with van der Waals surface area (Å²) in [7, 11) is -5.79. The Balaban J connectivity index is 2.47. The summed E-state index contributed by atoms with van der Waals surface area (Å²) >= 11 is 0. The number of rotatable bonds is 6. The molecule has 1 N–H and O–H groups in total. The maximum Gasteiger partial charge on any atom is 0.187 e. The molecule has 1 aromatic rings. The molecular formula is C15H23NO5S2. The number of ether oxygens (including phenoxy) is 1. The second kappa shape index (κ2) is 6.78. The van der Waals surface area contributed by atoms with Gasteiger partial charge in [0, 0.05) is 6.04 Å². The van der Waals surface area contributed by atoms with E-state index in [-0.39, 0.29) is 22.2 Å². The van der Waals surface area contributed by atoms with Gasteiger partial charge in [0.05, 0.1) is 23.9 Å². The maximum absolute atomic E-state index is 13.0. The summed E-state index contributed by atoms with van der Waals surface area (Å²) in [5, 5.41) is 2.07. The van der Waals surface area contributed by atoms with Crippen LogP contribution < -0.4 is 10.1 Å². The van der Waals surface area contributed by atoms with E-state index in [9.17, 15) is 16.8 Å². The van der Waals surface area contributed by atoms with Crippen LogP contribution in [0.1, 0.15) is 18.9 Å². The number of hydrogen-bond donors (Lipinski definition) is 1. The predicted molar refractivity (Wildman–Crippen MR) is 89.4 cm³/mol. The van der Waals surface area contributed by atoms with Crippen LogP contribution in [0.3, 0.4) is 0 Å². The minimum atomic E-state index is -3.82. The zero-order valence-corrected chi connectivity index (χ0v) is 15.2. The van der Waals surface area contributed by atoms with E-state index in [0.29, 0.717) is 6.54 Å². The molecule has 1 saturated heterocycles. The molecule has 0 spiro atoms. The number of benzene rings is 1. The van der Waals surface area contributed by atoms with Crippen molar-refractivity contribution in [2.45, 2.75) is 36.5 Å². The first-order valence-corrected chi connectivity index (χ1v) is 10.9. The molecule has 2 atom stereocenters. The Labute approximate surface area is 138 Å². The molecule has 23 heavy (non-hydrogen) atoms. The van der Waals surface area contributed by atoms with Gasteiger partial charge in [-0.25, -0.2) is 16.8 Å². The highest BCUT2D eigenvalue weighted by atomic mass is 32.2. The summed E-state index contributed by atoms with van der Waals surface area (Å²) in [5.41, 5.74) is 0.781. The lowest BCUT2D eigenvalue weighted by atomic mass is 10.2. The van der Waals surface area contributed by atoms with Crippen LogP contribution in [0.15, 0.2) is 23.1 Å². The summed E-state index contributed by atoms with van der Waals surface area (Å²) < 4.78 is 55.2. The molecule has 1 heterocycles. The molecule has 1 fully saturated rings. The van der Waals surface area contributed by atoms with Gasteiger partial charge >= 0.3 is 0 Å². The van der Waals surface area contributed by atoms with Gasteiger partial charge in [-0.2, -0.15) is 0 Å². The summed E-state index contributed by atoms with van der Waals surface area (Å²) in [6.45, 7) is 4.32. The van der Waals surface area contributed by atoms with Crippen LogP contribution in [0.25, 0.3) is 0 Å². The third-order valence-electron chi connectivity index (χ3n) is 3.98. The monoisotopic (exact) mass is 361 g/mol. The van der Waals surface area contributed by atoms with Crippen molar-refractivity contribution < 1.29 is 21.6 Å². The Hall–Kier alpha value is -1.12. The molecule has 6 nitrogen and oxygen atoms in total. The Morgan fingerprint density at radius 1 is 1.30 bits per heavy atom. The lowest BCUT2D eigenvalue weighted by molar-refractivity contribution is 0.402. The summed E-state index contributed by atoms with van der Waals surface area (Å²) in [6, 6.07) is 4.31. The van der Waals surface area contributed by atoms with Gasteiger partial charge in [-0.05, 0) is 37.6 Å². The van der Waals surface area contributed by atoms with Gasteiger partial charge in [0.15, 0.2) is 19.7 Å². The van der Waals surface area contributed by atoms with E-state index in [1.807, 2.05) is 6.92 Å². The molecular weight excluding hydrogens is 338 g/mol. The normalized spacial score (nSPS) is 23.8. The second-order valence-electron chi connectivity index (χ2n) is 5.88. The van der Waals surface area contributed by atoms with E-state index in [0.717, 1.165) is 12.0 Å². The van der Waals surface area contributed by atoms with E-state index in [4.69, 9.17) is 4.74 Å². The topological polar surface area (TPSA) is 89.5 Å². The number of hydrogen-bond acceptors (Lipinski definition) is 6. The van der Waals surface area contributed by atoms with E-state index < -0.39 is 31.0 Å². The first-order chi connectivity index (χ1) is 10.7. The summed E-state index contributed by atoms with van der Waals surface area (Å²) in [5.74, 6) is -0.257. The minimum Gasteiger partial charge on any atom is -0.495 e. The Morgan fingerprint density at radius 2 is 2.00 bits per heavy atom. The molecule has 0 aliphatic carbocycles. The number of methoxy groups -OCH3 is 1. The molecule has 0 radical (unpaired) electrons. The van der Waals surface area contributed by atoms with Crippen LogP contribution in [0.2, 0.25) is 0 Å². The van der Waals surface area contributed by atoms with Crippen molar-refractivity contribution in [2.75, 3.05) is 25.2 Å². The van der Waals surface area contributed by atoms with Crippen molar-refractivity contribution >= 4 is 19.7 Å². The van der Waals surface area contributed by atoms with Gasteiger partial charge in [0.25, 0.3) is 0 Å². The van der Waals surface area contributed by atoms with Crippen LogP contribution in [-0.4, -0.2) is 53.3 Å². The first kappa shape index (κ1) is 18.2. The molecule has 130 valence electrons. The van der Waals surface area contributed by atoms with E-state index in [1.54, 1.807) is 19.1 Å². The molecule has 1 aliphatic rings. The Morgan fingerprint density at radius 3 is 2.61 bits per heavy atom. The van der Waals surface area contributed by atoms with Crippen molar-refractivity contribution in [1.29, 1.82) is 0 Å². The van der Waals surface area contributed by atoms with Crippen LogP contribution in [0.5, 0.6) is 5.75 Å².